The van der Waals surface area contributed by atoms with Gasteiger partial charge in [0, 0.05) is 11.9 Å². The van der Waals surface area contributed by atoms with E-state index < -0.39 is 0 Å². The molecule has 1 fully saturated rings. The highest BCUT2D eigenvalue weighted by Crippen LogP contribution is 2.60. The molecule has 0 aromatic carbocycles. The molecule has 0 spiro atoms. The van der Waals surface area contributed by atoms with Crippen LogP contribution in [0.5, 0.6) is 0 Å². The Morgan fingerprint density at radius 3 is 2.77 bits per heavy atom. The lowest BCUT2D eigenvalue weighted by molar-refractivity contribution is -0.146. The Labute approximate surface area is 141 Å². The fourth-order valence-electron chi connectivity index (χ4n) is 2.79. The van der Waals surface area contributed by atoms with Crippen LogP contribution >= 0.6 is 23.2 Å². The summed E-state index contributed by atoms with van der Waals surface area (Å²) >= 11 is 11.4. The van der Waals surface area contributed by atoms with Crippen LogP contribution in [-0.2, 0) is 16.0 Å². The Hall–Kier alpha value is -1.06. The first-order valence-corrected chi connectivity index (χ1v) is 8.28. The Kier molecular flexibility index (Phi) is 5.87. The number of aromatic nitrogens is 1. The summed E-state index contributed by atoms with van der Waals surface area (Å²) in [5, 5.41) is 0. The van der Waals surface area contributed by atoms with Gasteiger partial charge in [-0.05, 0) is 48.8 Å². The number of aryl methyl sites for hydroxylation is 1. The zero-order valence-corrected chi connectivity index (χ0v) is 14.4. The van der Waals surface area contributed by atoms with E-state index in [0.29, 0.717) is 6.61 Å². The zero-order chi connectivity index (χ0) is 16.2. The topological polar surface area (TPSA) is 39.2 Å². The molecule has 2 unspecified atom stereocenters. The molecule has 2 atom stereocenters. The minimum atomic E-state index is -0.154. The van der Waals surface area contributed by atoms with E-state index in [1.165, 1.54) is 0 Å². The SMILES string of the molecule is CC1(C)C(C=C(Cl)Cl)C1C(=O)OCCCCc1ccccn1. The number of carbonyl (C=O) groups is 1. The lowest BCUT2D eigenvalue weighted by Crippen LogP contribution is -2.11. The van der Waals surface area contributed by atoms with Crippen molar-refractivity contribution in [1.29, 1.82) is 0 Å². The van der Waals surface area contributed by atoms with Gasteiger partial charge in [0.05, 0.1) is 12.5 Å². The third-order valence-corrected chi connectivity index (χ3v) is 4.52. The molecule has 0 radical (unpaired) electrons. The monoisotopic (exact) mass is 341 g/mol. The number of allylic oxidation sites excluding steroid dienone is 1. The number of unbranched alkanes of at least 4 members (excludes halogenated alkanes) is 1. The summed E-state index contributed by atoms with van der Waals surface area (Å²) in [6.07, 6.45) is 6.22. The van der Waals surface area contributed by atoms with Crippen molar-refractivity contribution < 1.29 is 9.53 Å². The van der Waals surface area contributed by atoms with Crippen molar-refractivity contribution in [3.8, 4) is 0 Å². The number of carbonyl (C=O) groups excluding carboxylic acids is 1. The molecular formula is C17H21Cl2NO2. The second-order valence-electron chi connectivity index (χ2n) is 6.23. The van der Waals surface area contributed by atoms with Crippen LogP contribution in [0.3, 0.4) is 0 Å². The minimum absolute atomic E-state index is 0.0681. The summed E-state index contributed by atoms with van der Waals surface area (Å²) in [4.78, 5) is 16.4. The fourth-order valence-corrected chi connectivity index (χ4v) is 3.06. The number of pyridine rings is 1. The van der Waals surface area contributed by atoms with Crippen LogP contribution in [-0.4, -0.2) is 17.6 Å². The third kappa shape index (κ3) is 4.47. The molecule has 1 heterocycles. The lowest BCUT2D eigenvalue weighted by atomic mass is 10.1. The average molecular weight is 342 g/mol. The van der Waals surface area contributed by atoms with Crippen molar-refractivity contribution >= 4 is 29.2 Å². The molecule has 1 aromatic rings. The summed E-state index contributed by atoms with van der Waals surface area (Å²) in [5.74, 6) is -0.229. The lowest BCUT2D eigenvalue weighted by Gasteiger charge is -2.05. The molecule has 3 nitrogen and oxygen atoms in total. The fraction of sp³-hybridized carbons (Fsp3) is 0.529. The van der Waals surface area contributed by atoms with Gasteiger partial charge in [-0.1, -0.05) is 43.1 Å². The number of hydrogen-bond acceptors (Lipinski definition) is 3. The van der Waals surface area contributed by atoms with Gasteiger partial charge in [0.25, 0.3) is 0 Å². The summed E-state index contributed by atoms with van der Waals surface area (Å²) in [6, 6.07) is 5.89. The Bertz CT molecular complexity index is 539. The van der Waals surface area contributed by atoms with Crippen molar-refractivity contribution in [2.24, 2.45) is 17.3 Å². The number of ether oxygens (including phenoxy) is 1. The van der Waals surface area contributed by atoms with Gasteiger partial charge in [0.15, 0.2) is 0 Å². The number of nitrogens with zero attached hydrogens (tertiary/aromatic N) is 1. The van der Waals surface area contributed by atoms with Crippen molar-refractivity contribution in [1.82, 2.24) is 4.98 Å². The van der Waals surface area contributed by atoms with Crippen LogP contribution in [0.1, 0.15) is 32.4 Å². The van der Waals surface area contributed by atoms with Gasteiger partial charge >= 0.3 is 5.97 Å². The maximum atomic E-state index is 12.1. The molecule has 120 valence electrons. The van der Waals surface area contributed by atoms with Crippen molar-refractivity contribution in [2.45, 2.75) is 33.1 Å². The molecule has 0 bridgehead atoms. The van der Waals surface area contributed by atoms with E-state index in [9.17, 15) is 4.79 Å². The van der Waals surface area contributed by atoms with E-state index in [0.717, 1.165) is 25.0 Å². The number of esters is 1. The highest BCUT2D eigenvalue weighted by atomic mass is 35.5. The normalized spacial score (nSPS) is 22.0. The van der Waals surface area contributed by atoms with Crippen molar-refractivity contribution in [3.63, 3.8) is 0 Å². The molecule has 0 N–H and O–H groups in total. The average Bonchev–Trinajstić information content (AvgIpc) is 2.99. The predicted molar refractivity (Wildman–Crippen MR) is 88.7 cm³/mol. The van der Waals surface area contributed by atoms with Crippen molar-refractivity contribution in [2.75, 3.05) is 6.61 Å². The summed E-state index contributed by atoms with van der Waals surface area (Å²) < 4.78 is 5.59. The van der Waals surface area contributed by atoms with E-state index >= 15 is 0 Å². The maximum Gasteiger partial charge on any atom is 0.310 e. The molecule has 1 aliphatic rings. The van der Waals surface area contributed by atoms with Crippen LogP contribution < -0.4 is 0 Å². The largest absolute Gasteiger partial charge is 0.465 e. The smallest absolute Gasteiger partial charge is 0.310 e. The van der Waals surface area contributed by atoms with Gasteiger partial charge in [0.1, 0.15) is 4.49 Å². The Balaban J connectivity index is 1.67. The molecule has 22 heavy (non-hydrogen) atoms. The van der Waals surface area contributed by atoms with E-state index in [2.05, 4.69) is 4.98 Å². The van der Waals surface area contributed by atoms with Gasteiger partial charge in [-0.15, -0.1) is 0 Å². The highest BCUT2D eigenvalue weighted by molar-refractivity contribution is 6.55. The first-order chi connectivity index (χ1) is 10.4. The van der Waals surface area contributed by atoms with E-state index in [4.69, 9.17) is 27.9 Å². The van der Waals surface area contributed by atoms with Crippen LogP contribution in [0.4, 0.5) is 0 Å². The Morgan fingerprint density at radius 2 is 2.14 bits per heavy atom. The van der Waals surface area contributed by atoms with Crippen molar-refractivity contribution in [3.05, 3.63) is 40.7 Å². The van der Waals surface area contributed by atoms with Gasteiger partial charge in [0.2, 0.25) is 0 Å². The standard InChI is InChI=1S/C17H21Cl2NO2/c1-17(2)13(11-14(18)19)15(17)16(21)22-10-6-4-8-12-7-3-5-9-20-12/h3,5,7,9,11,13,15H,4,6,8,10H2,1-2H3. The second kappa shape index (κ2) is 7.47. The summed E-state index contributed by atoms with van der Waals surface area (Å²) in [7, 11) is 0. The Morgan fingerprint density at radius 1 is 1.36 bits per heavy atom. The molecule has 0 aliphatic heterocycles. The summed E-state index contributed by atoms with van der Waals surface area (Å²) in [6.45, 7) is 4.50. The zero-order valence-electron chi connectivity index (χ0n) is 12.9. The number of hydrogen-bond donors (Lipinski definition) is 0. The minimum Gasteiger partial charge on any atom is -0.465 e. The highest BCUT2D eigenvalue weighted by Gasteiger charge is 2.61. The quantitative estimate of drug-likeness (QED) is 0.539. The molecular weight excluding hydrogens is 321 g/mol. The molecule has 0 amide bonds. The third-order valence-electron chi connectivity index (χ3n) is 4.27. The van der Waals surface area contributed by atoms with Gasteiger partial charge in [-0.25, -0.2) is 0 Å². The van der Waals surface area contributed by atoms with Crippen LogP contribution in [0, 0.1) is 17.3 Å². The number of halogens is 2. The molecule has 5 heteroatoms. The first kappa shape index (κ1) is 17.3. The van der Waals surface area contributed by atoms with E-state index in [-0.39, 0.29) is 27.7 Å². The first-order valence-electron chi connectivity index (χ1n) is 7.52. The van der Waals surface area contributed by atoms with Gasteiger partial charge in [-0.2, -0.15) is 0 Å². The molecule has 1 aliphatic carbocycles. The molecule has 2 rings (SSSR count). The van der Waals surface area contributed by atoms with E-state index in [1.54, 1.807) is 12.3 Å². The predicted octanol–water partition coefficient (Wildman–Crippen LogP) is 4.54. The summed E-state index contributed by atoms with van der Waals surface area (Å²) in [5.41, 5.74) is 0.944. The van der Waals surface area contributed by atoms with Gasteiger partial charge < -0.3 is 4.74 Å². The molecule has 0 saturated heterocycles. The second-order valence-corrected chi connectivity index (χ2v) is 7.23. The maximum absolute atomic E-state index is 12.1. The van der Waals surface area contributed by atoms with Crippen LogP contribution in [0.25, 0.3) is 0 Å². The van der Waals surface area contributed by atoms with E-state index in [1.807, 2.05) is 32.0 Å². The van der Waals surface area contributed by atoms with Crippen LogP contribution in [0.2, 0.25) is 0 Å². The number of rotatable bonds is 7. The molecule has 1 saturated carbocycles. The van der Waals surface area contributed by atoms with Crippen LogP contribution in [0.15, 0.2) is 35.0 Å². The van der Waals surface area contributed by atoms with Gasteiger partial charge in [-0.3, -0.25) is 9.78 Å². The molecule has 1 aromatic heterocycles.